The number of hydrogen-bond acceptors (Lipinski definition) is 5. The zero-order valence-corrected chi connectivity index (χ0v) is 14.1. The van der Waals surface area contributed by atoms with Gasteiger partial charge in [0.2, 0.25) is 0 Å². The van der Waals surface area contributed by atoms with Crippen molar-refractivity contribution in [2.24, 2.45) is 0 Å². The van der Waals surface area contributed by atoms with Crippen molar-refractivity contribution in [3.63, 3.8) is 0 Å². The predicted octanol–water partition coefficient (Wildman–Crippen LogP) is 2.07. The second-order valence-electron chi connectivity index (χ2n) is 6.24. The molecule has 0 aliphatic carbocycles. The first-order chi connectivity index (χ1) is 9.86. The fourth-order valence-corrected chi connectivity index (χ4v) is 5.76. The zero-order chi connectivity index (χ0) is 13.7. The highest BCUT2D eigenvalue weighted by Crippen LogP contribution is 2.37. The molecule has 3 fully saturated rings. The maximum Gasteiger partial charge on any atom is 0.0713 e. The third-order valence-electron chi connectivity index (χ3n) is 4.86. The van der Waals surface area contributed by atoms with E-state index < -0.39 is 0 Å². The summed E-state index contributed by atoms with van der Waals surface area (Å²) in [4.78, 5) is 2.61. The van der Waals surface area contributed by atoms with E-state index in [2.05, 4.69) is 33.7 Å². The van der Waals surface area contributed by atoms with Crippen molar-refractivity contribution < 1.29 is 4.74 Å². The Balaban J connectivity index is 1.38. The summed E-state index contributed by atoms with van der Waals surface area (Å²) in [5.41, 5.74) is 0.225. The van der Waals surface area contributed by atoms with Crippen molar-refractivity contribution in [1.29, 1.82) is 0 Å². The number of hydrogen-bond donors (Lipinski definition) is 1. The van der Waals surface area contributed by atoms with Crippen LogP contribution in [0.15, 0.2) is 0 Å². The Morgan fingerprint density at radius 3 is 2.65 bits per heavy atom. The molecule has 0 radical (unpaired) electrons. The molecule has 0 bridgehead atoms. The van der Waals surface area contributed by atoms with Crippen molar-refractivity contribution in [3.8, 4) is 0 Å². The van der Waals surface area contributed by atoms with Crippen LogP contribution in [-0.4, -0.2) is 72.3 Å². The second kappa shape index (κ2) is 7.73. The molecule has 0 aromatic carbocycles. The van der Waals surface area contributed by atoms with E-state index in [0.29, 0.717) is 6.04 Å². The van der Waals surface area contributed by atoms with Gasteiger partial charge in [0, 0.05) is 50.3 Å². The van der Waals surface area contributed by atoms with Crippen molar-refractivity contribution in [1.82, 2.24) is 10.2 Å². The lowest BCUT2D eigenvalue weighted by Gasteiger charge is -2.43. The highest BCUT2D eigenvalue weighted by atomic mass is 32.2. The highest BCUT2D eigenvalue weighted by molar-refractivity contribution is 7.99. The molecule has 20 heavy (non-hydrogen) atoms. The van der Waals surface area contributed by atoms with Gasteiger partial charge in [0.25, 0.3) is 0 Å². The van der Waals surface area contributed by atoms with Gasteiger partial charge in [0.15, 0.2) is 0 Å². The minimum Gasteiger partial charge on any atom is -0.375 e. The number of nitrogens with one attached hydrogen (secondary N) is 1. The molecule has 0 aromatic rings. The van der Waals surface area contributed by atoms with Crippen LogP contribution in [0, 0.1) is 0 Å². The Kier molecular flexibility index (Phi) is 5.98. The number of rotatable bonds is 4. The summed E-state index contributed by atoms with van der Waals surface area (Å²) in [7, 11) is 0. The number of ether oxygens (including phenoxy) is 1. The fraction of sp³-hybridized carbons (Fsp3) is 1.00. The quantitative estimate of drug-likeness (QED) is 0.856. The van der Waals surface area contributed by atoms with E-state index in [9.17, 15) is 0 Å². The Morgan fingerprint density at radius 1 is 1.10 bits per heavy atom. The summed E-state index contributed by atoms with van der Waals surface area (Å²) >= 11 is 4.19. The Bertz CT molecular complexity index is 286. The van der Waals surface area contributed by atoms with Crippen molar-refractivity contribution >= 4 is 23.5 Å². The molecule has 3 saturated heterocycles. The van der Waals surface area contributed by atoms with Gasteiger partial charge in [-0.1, -0.05) is 0 Å². The van der Waals surface area contributed by atoms with Crippen LogP contribution in [0.5, 0.6) is 0 Å². The van der Waals surface area contributed by atoms with E-state index in [1.54, 1.807) is 0 Å². The summed E-state index contributed by atoms with van der Waals surface area (Å²) in [6, 6.07) is 0.686. The molecule has 3 rings (SSSR count). The van der Waals surface area contributed by atoms with Crippen LogP contribution in [0.3, 0.4) is 0 Å². The summed E-state index contributed by atoms with van der Waals surface area (Å²) in [5, 5.41) is 3.81. The van der Waals surface area contributed by atoms with E-state index in [4.69, 9.17) is 4.74 Å². The maximum atomic E-state index is 6.17. The van der Waals surface area contributed by atoms with Crippen molar-refractivity contribution in [2.45, 2.75) is 37.3 Å². The first-order valence-corrected chi connectivity index (χ1v) is 10.4. The topological polar surface area (TPSA) is 24.5 Å². The molecule has 1 unspecified atom stereocenters. The molecule has 5 heteroatoms. The van der Waals surface area contributed by atoms with Crippen LogP contribution in [0.1, 0.15) is 25.7 Å². The SMILES string of the molecule is C(CN1CCSCC1)NC1CCOC2(CCSCC2)C1. The summed E-state index contributed by atoms with van der Waals surface area (Å²) < 4.78 is 6.17. The van der Waals surface area contributed by atoms with E-state index in [1.165, 1.54) is 68.3 Å². The third-order valence-corrected chi connectivity index (χ3v) is 6.79. The van der Waals surface area contributed by atoms with Crippen molar-refractivity contribution in [2.75, 3.05) is 55.8 Å². The second-order valence-corrected chi connectivity index (χ2v) is 8.69. The predicted molar refractivity (Wildman–Crippen MR) is 90.0 cm³/mol. The first-order valence-electron chi connectivity index (χ1n) is 8.12. The van der Waals surface area contributed by atoms with Gasteiger partial charge in [-0.3, -0.25) is 0 Å². The minimum absolute atomic E-state index is 0.225. The molecule has 116 valence electrons. The van der Waals surface area contributed by atoms with Gasteiger partial charge in [-0.05, 0) is 37.2 Å². The molecule has 0 saturated carbocycles. The lowest BCUT2D eigenvalue weighted by atomic mass is 9.85. The molecule has 3 heterocycles. The molecular weight excluding hydrogens is 288 g/mol. The Labute approximate surface area is 132 Å². The third kappa shape index (κ3) is 4.29. The van der Waals surface area contributed by atoms with Gasteiger partial charge < -0.3 is 15.0 Å². The standard InChI is InChI=1S/C15H28N2OS2/c1-8-18-15(2-9-19-10-3-15)13-14(1)16-4-5-17-6-11-20-12-7-17/h14,16H,1-13H2. The summed E-state index contributed by atoms with van der Waals surface area (Å²) in [6.07, 6.45) is 4.96. The average Bonchev–Trinajstić information content (AvgIpc) is 2.49. The maximum absolute atomic E-state index is 6.17. The molecule has 3 aliphatic rings. The van der Waals surface area contributed by atoms with Crippen LogP contribution < -0.4 is 5.32 Å². The van der Waals surface area contributed by atoms with Gasteiger partial charge in [-0.25, -0.2) is 0 Å². The number of thioether (sulfide) groups is 2. The summed E-state index contributed by atoms with van der Waals surface area (Å²) in [6.45, 7) is 5.90. The minimum atomic E-state index is 0.225. The van der Waals surface area contributed by atoms with Gasteiger partial charge >= 0.3 is 0 Å². The van der Waals surface area contributed by atoms with E-state index >= 15 is 0 Å². The molecule has 1 N–H and O–H groups in total. The Morgan fingerprint density at radius 2 is 1.85 bits per heavy atom. The van der Waals surface area contributed by atoms with Crippen LogP contribution in [0.25, 0.3) is 0 Å². The van der Waals surface area contributed by atoms with Crippen LogP contribution in [0.4, 0.5) is 0 Å². The van der Waals surface area contributed by atoms with Crippen LogP contribution in [0.2, 0.25) is 0 Å². The van der Waals surface area contributed by atoms with E-state index in [1.807, 2.05) is 0 Å². The lowest BCUT2D eigenvalue weighted by Crippen LogP contribution is -2.50. The zero-order valence-electron chi connectivity index (χ0n) is 12.4. The Hall–Kier alpha value is 0.580. The number of nitrogens with zero attached hydrogens (tertiary/aromatic N) is 1. The molecule has 0 aromatic heterocycles. The van der Waals surface area contributed by atoms with Gasteiger partial charge in [-0.15, -0.1) is 0 Å². The van der Waals surface area contributed by atoms with Crippen LogP contribution in [-0.2, 0) is 4.74 Å². The first kappa shape index (κ1) is 15.5. The molecule has 3 aliphatic heterocycles. The molecular formula is C15H28N2OS2. The van der Waals surface area contributed by atoms with Gasteiger partial charge in [0.05, 0.1) is 5.60 Å². The molecule has 1 atom stereocenters. The smallest absolute Gasteiger partial charge is 0.0713 e. The van der Waals surface area contributed by atoms with Gasteiger partial charge in [0.1, 0.15) is 0 Å². The highest BCUT2D eigenvalue weighted by Gasteiger charge is 2.38. The van der Waals surface area contributed by atoms with Gasteiger partial charge in [-0.2, -0.15) is 23.5 Å². The van der Waals surface area contributed by atoms with E-state index in [0.717, 1.165) is 13.2 Å². The normalized spacial score (nSPS) is 31.5. The molecule has 1 spiro atoms. The van der Waals surface area contributed by atoms with Crippen molar-refractivity contribution in [3.05, 3.63) is 0 Å². The fourth-order valence-electron chi connectivity index (χ4n) is 3.55. The largest absolute Gasteiger partial charge is 0.375 e. The lowest BCUT2D eigenvalue weighted by molar-refractivity contribution is -0.0931. The summed E-state index contributed by atoms with van der Waals surface area (Å²) in [5.74, 6) is 5.21. The molecule has 3 nitrogen and oxygen atoms in total. The van der Waals surface area contributed by atoms with Crippen LogP contribution >= 0.6 is 23.5 Å². The monoisotopic (exact) mass is 316 g/mol. The average molecular weight is 317 g/mol. The molecule has 0 amide bonds. The van der Waals surface area contributed by atoms with E-state index in [-0.39, 0.29) is 5.60 Å².